The van der Waals surface area contributed by atoms with E-state index >= 15 is 0 Å². The highest BCUT2D eigenvalue weighted by atomic mass is 16.5. The molecule has 0 aliphatic heterocycles. The van der Waals surface area contributed by atoms with Crippen molar-refractivity contribution in [3.63, 3.8) is 0 Å². The zero-order chi connectivity index (χ0) is 19.3. The first kappa shape index (κ1) is 20.0. The fourth-order valence-electron chi connectivity index (χ4n) is 4.85. The number of aliphatic carboxylic acids is 1. The first-order valence-electron chi connectivity index (χ1n) is 10.3. The molecule has 1 aromatic rings. The molecule has 1 aromatic carbocycles. The van der Waals surface area contributed by atoms with Gasteiger partial charge in [0.15, 0.2) is 11.5 Å². The van der Waals surface area contributed by atoms with Crippen LogP contribution < -0.4 is 14.8 Å². The van der Waals surface area contributed by atoms with Gasteiger partial charge in [0.1, 0.15) is 0 Å². The SMILES string of the molecule is COc1ccc(C2(CNC3CCC(C(=O)O)CC3)CCCCC2)cc1OC. The summed E-state index contributed by atoms with van der Waals surface area (Å²) in [7, 11) is 3.36. The Bertz CT molecular complexity index is 631. The molecular weight excluding hydrogens is 342 g/mol. The van der Waals surface area contributed by atoms with Gasteiger partial charge in [0.2, 0.25) is 0 Å². The van der Waals surface area contributed by atoms with Gasteiger partial charge in [-0.15, -0.1) is 0 Å². The Kier molecular flexibility index (Phi) is 6.64. The maximum absolute atomic E-state index is 11.2. The number of hydrogen-bond acceptors (Lipinski definition) is 4. The van der Waals surface area contributed by atoms with Crippen molar-refractivity contribution in [2.75, 3.05) is 20.8 Å². The Hall–Kier alpha value is -1.75. The fourth-order valence-corrected chi connectivity index (χ4v) is 4.85. The van der Waals surface area contributed by atoms with Crippen LogP contribution in [0, 0.1) is 5.92 Å². The molecule has 5 nitrogen and oxygen atoms in total. The van der Waals surface area contributed by atoms with Gasteiger partial charge >= 0.3 is 5.97 Å². The topological polar surface area (TPSA) is 67.8 Å². The second-order valence-corrected chi connectivity index (χ2v) is 8.18. The van der Waals surface area contributed by atoms with Crippen molar-refractivity contribution >= 4 is 5.97 Å². The van der Waals surface area contributed by atoms with E-state index in [2.05, 4.69) is 17.4 Å². The van der Waals surface area contributed by atoms with Crippen molar-refractivity contribution in [1.29, 1.82) is 0 Å². The highest BCUT2D eigenvalue weighted by molar-refractivity contribution is 5.70. The first-order chi connectivity index (χ1) is 13.1. The number of carboxylic acids is 1. The van der Waals surface area contributed by atoms with Crippen LogP contribution in [-0.4, -0.2) is 37.9 Å². The summed E-state index contributed by atoms with van der Waals surface area (Å²) in [4.78, 5) is 11.2. The van der Waals surface area contributed by atoms with Gasteiger partial charge in [-0.3, -0.25) is 4.79 Å². The van der Waals surface area contributed by atoms with Gasteiger partial charge in [-0.2, -0.15) is 0 Å². The maximum atomic E-state index is 11.2. The molecule has 150 valence electrons. The van der Waals surface area contributed by atoms with Gasteiger partial charge in [0, 0.05) is 18.0 Å². The fraction of sp³-hybridized carbons (Fsp3) is 0.682. The second kappa shape index (κ2) is 8.96. The monoisotopic (exact) mass is 375 g/mol. The number of carboxylic acid groups (broad SMARTS) is 1. The molecule has 0 spiro atoms. The average molecular weight is 376 g/mol. The summed E-state index contributed by atoms with van der Waals surface area (Å²) in [6.07, 6.45) is 9.66. The van der Waals surface area contributed by atoms with E-state index in [0.29, 0.717) is 6.04 Å². The zero-order valence-corrected chi connectivity index (χ0v) is 16.6. The van der Waals surface area contributed by atoms with Crippen LogP contribution >= 0.6 is 0 Å². The lowest BCUT2D eigenvalue weighted by molar-refractivity contribution is -0.142. The number of hydrogen-bond donors (Lipinski definition) is 2. The summed E-state index contributed by atoms with van der Waals surface area (Å²) < 4.78 is 10.9. The van der Waals surface area contributed by atoms with Gasteiger partial charge < -0.3 is 19.9 Å². The summed E-state index contributed by atoms with van der Waals surface area (Å²) in [5.41, 5.74) is 1.45. The lowest BCUT2D eigenvalue weighted by Gasteiger charge is -2.40. The summed E-state index contributed by atoms with van der Waals surface area (Å²) in [5.74, 6) is 0.772. The minimum atomic E-state index is -0.637. The second-order valence-electron chi connectivity index (χ2n) is 8.18. The first-order valence-corrected chi connectivity index (χ1v) is 10.3. The van der Waals surface area contributed by atoms with Crippen molar-refractivity contribution in [1.82, 2.24) is 5.32 Å². The zero-order valence-electron chi connectivity index (χ0n) is 16.6. The third kappa shape index (κ3) is 4.57. The predicted octanol–water partition coefficient (Wildman–Crippen LogP) is 4.14. The van der Waals surface area contributed by atoms with Crippen LogP contribution in [0.15, 0.2) is 18.2 Å². The van der Waals surface area contributed by atoms with E-state index in [-0.39, 0.29) is 11.3 Å². The summed E-state index contributed by atoms with van der Waals surface area (Å²) in [6.45, 7) is 0.949. The molecule has 0 radical (unpaired) electrons. The molecule has 2 N–H and O–H groups in total. The standard InChI is InChI=1S/C22H33NO4/c1-26-19-11-8-17(14-20(19)27-2)22(12-4-3-5-13-22)15-23-18-9-6-16(7-10-18)21(24)25/h8,11,14,16,18,23H,3-7,9-10,12-13,15H2,1-2H3,(H,24,25). The molecule has 2 fully saturated rings. The van der Waals surface area contributed by atoms with E-state index in [1.165, 1.54) is 37.7 Å². The van der Waals surface area contributed by atoms with Crippen molar-refractivity contribution in [3.8, 4) is 11.5 Å². The number of ether oxygens (including phenoxy) is 2. The van der Waals surface area contributed by atoms with E-state index in [1.54, 1.807) is 14.2 Å². The van der Waals surface area contributed by atoms with Crippen LogP contribution in [0.4, 0.5) is 0 Å². The molecule has 2 saturated carbocycles. The molecule has 0 saturated heterocycles. The summed E-state index contributed by atoms with van der Waals surface area (Å²) in [5, 5.41) is 13.0. The number of carbonyl (C=O) groups is 1. The molecule has 5 heteroatoms. The van der Waals surface area contributed by atoms with Crippen LogP contribution in [0.2, 0.25) is 0 Å². The minimum Gasteiger partial charge on any atom is -0.493 e. The predicted molar refractivity (Wildman–Crippen MR) is 106 cm³/mol. The van der Waals surface area contributed by atoms with Gasteiger partial charge in [0.05, 0.1) is 20.1 Å². The Balaban J connectivity index is 1.71. The molecule has 2 aliphatic rings. The van der Waals surface area contributed by atoms with Gasteiger partial charge in [-0.25, -0.2) is 0 Å². The van der Waals surface area contributed by atoms with E-state index in [4.69, 9.17) is 9.47 Å². The smallest absolute Gasteiger partial charge is 0.306 e. The van der Waals surface area contributed by atoms with E-state index in [9.17, 15) is 9.90 Å². The number of methoxy groups -OCH3 is 2. The van der Waals surface area contributed by atoms with Gasteiger partial charge in [-0.1, -0.05) is 25.3 Å². The molecule has 0 unspecified atom stereocenters. The lowest BCUT2D eigenvalue weighted by Crippen LogP contribution is -2.45. The molecule has 0 heterocycles. The van der Waals surface area contributed by atoms with Crippen LogP contribution in [0.5, 0.6) is 11.5 Å². The van der Waals surface area contributed by atoms with Gasteiger partial charge in [0.25, 0.3) is 0 Å². The lowest BCUT2D eigenvalue weighted by atomic mass is 9.69. The summed E-state index contributed by atoms with van der Waals surface area (Å²) in [6, 6.07) is 6.78. The van der Waals surface area contributed by atoms with Crippen LogP contribution in [0.3, 0.4) is 0 Å². The third-order valence-electron chi connectivity index (χ3n) is 6.61. The Morgan fingerprint density at radius 2 is 1.74 bits per heavy atom. The van der Waals surface area contributed by atoms with Crippen molar-refractivity contribution < 1.29 is 19.4 Å². The number of nitrogens with one attached hydrogen (secondary N) is 1. The van der Waals surface area contributed by atoms with Crippen LogP contribution in [0.1, 0.15) is 63.4 Å². The Morgan fingerprint density at radius 1 is 1.07 bits per heavy atom. The van der Waals surface area contributed by atoms with Crippen LogP contribution in [0.25, 0.3) is 0 Å². The van der Waals surface area contributed by atoms with E-state index in [0.717, 1.165) is 43.7 Å². The minimum absolute atomic E-state index is 0.126. The Morgan fingerprint density at radius 3 is 2.33 bits per heavy atom. The van der Waals surface area contributed by atoms with E-state index < -0.39 is 5.97 Å². The van der Waals surface area contributed by atoms with Crippen molar-refractivity contribution in [2.45, 2.75) is 69.2 Å². The third-order valence-corrected chi connectivity index (χ3v) is 6.61. The van der Waals surface area contributed by atoms with E-state index in [1.807, 2.05) is 6.07 Å². The highest BCUT2D eigenvalue weighted by Gasteiger charge is 2.35. The molecule has 0 amide bonds. The normalized spacial score (nSPS) is 25.0. The Labute approximate surface area is 162 Å². The van der Waals surface area contributed by atoms with Gasteiger partial charge in [-0.05, 0) is 56.2 Å². The molecule has 2 aliphatic carbocycles. The molecular formula is C22H33NO4. The quantitative estimate of drug-likeness (QED) is 0.750. The maximum Gasteiger partial charge on any atom is 0.306 e. The molecule has 0 atom stereocenters. The number of rotatable bonds is 7. The average Bonchev–Trinajstić information content (AvgIpc) is 2.72. The highest BCUT2D eigenvalue weighted by Crippen LogP contribution is 2.42. The summed E-state index contributed by atoms with van der Waals surface area (Å²) >= 11 is 0. The molecule has 27 heavy (non-hydrogen) atoms. The molecule has 0 bridgehead atoms. The van der Waals surface area contributed by atoms with Crippen LogP contribution in [-0.2, 0) is 10.2 Å². The largest absolute Gasteiger partial charge is 0.493 e. The van der Waals surface area contributed by atoms with Crippen molar-refractivity contribution in [3.05, 3.63) is 23.8 Å². The van der Waals surface area contributed by atoms with Crippen molar-refractivity contribution in [2.24, 2.45) is 5.92 Å². The molecule has 0 aromatic heterocycles. The molecule has 3 rings (SSSR count). The number of benzene rings is 1.